The predicted molar refractivity (Wildman–Crippen MR) is 76.3 cm³/mol. The van der Waals surface area contributed by atoms with Gasteiger partial charge in [-0.2, -0.15) is 0 Å². The third-order valence-corrected chi connectivity index (χ3v) is 3.45. The summed E-state index contributed by atoms with van der Waals surface area (Å²) in [6.45, 7) is 5.34. The Morgan fingerprint density at radius 3 is 2.43 bits per heavy atom. The first-order valence-corrected chi connectivity index (χ1v) is 7.04. The van der Waals surface area contributed by atoms with E-state index in [9.17, 15) is 14.0 Å². The van der Waals surface area contributed by atoms with Gasteiger partial charge in [0.1, 0.15) is 17.7 Å². The molecule has 5 heteroatoms. The van der Waals surface area contributed by atoms with Crippen LogP contribution in [0.1, 0.15) is 45.2 Å². The van der Waals surface area contributed by atoms with Crippen LogP contribution in [-0.4, -0.2) is 28.9 Å². The molecule has 1 aromatic rings. The van der Waals surface area contributed by atoms with Crippen molar-refractivity contribution in [3.63, 3.8) is 0 Å². The summed E-state index contributed by atoms with van der Waals surface area (Å²) < 4.78 is 18.4. The molecule has 114 valence electrons. The molecule has 0 spiro atoms. The molecule has 2 rings (SSSR count). The number of benzene rings is 1. The number of halogens is 1. The van der Waals surface area contributed by atoms with Gasteiger partial charge in [-0.25, -0.2) is 9.18 Å². The van der Waals surface area contributed by atoms with Gasteiger partial charge >= 0.3 is 6.09 Å². The lowest BCUT2D eigenvalue weighted by Gasteiger charge is -2.31. The fraction of sp³-hybridized carbons (Fsp3) is 0.500. The largest absolute Gasteiger partial charge is 0.444 e. The number of rotatable bonds is 2. The van der Waals surface area contributed by atoms with Crippen molar-refractivity contribution in [3.8, 4) is 0 Å². The van der Waals surface area contributed by atoms with Crippen molar-refractivity contribution >= 4 is 12.4 Å². The molecule has 0 saturated carbocycles. The quantitative estimate of drug-likeness (QED) is 0.784. The van der Waals surface area contributed by atoms with Crippen LogP contribution in [0.4, 0.5) is 9.18 Å². The molecule has 4 nitrogen and oxygen atoms in total. The van der Waals surface area contributed by atoms with Crippen molar-refractivity contribution in [2.75, 3.05) is 0 Å². The number of amides is 1. The van der Waals surface area contributed by atoms with E-state index in [0.29, 0.717) is 12.8 Å². The predicted octanol–water partition coefficient (Wildman–Crippen LogP) is 3.47. The smallest absolute Gasteiger partial charge is 0.411 e. The lowest BCUT2D eigenvalue weighted by atomic mass is 10.0. The van der Waals surface area contributed by atoms with Crippen molar-refractivity contribution < 1.29 is 18.7 Å². The average Bonchev–Trinajstić information content (AvgIpc) is 2.81. The second kappa shape index (κ2) is 5.84. The van der Waals surface area contributed by atoms with Crippen molar-refractivity contribution in [3.05, 3.63) is 35.6 Å². The van der Waals surface area contributed by atoms with Crippen LogP contribution >= 0.6 is 0 Å². The highest BCUT2D eigenvalue weighted by Crippen LogP contribution is 2.36. The zero-order valence-electron chi connectivity index (χ0n) is 12.5. The lowest BCUT2D eigenvalue weighted by molar-refractivity contribution is -0.112. The van der Waals surface area contributed by atoms with Crippen molar-refractivity contribution in [2.24, 2.45) is 0 Å². The van der Waals surface area contributed by atoms with E-state index in [0.717, 1.165) is 11.8 Å². The molecule has 1 saturated heterocycles. The third kappa shape index (κ3) is 3.60. The van der Waals surface area contributed by atoms with Crippen LogP contribution in [0.25, 0.3) is 0 Å². The average molecular weight is 293 g/mol. The number of hydrogen-bond acceptors (Lipinski definition) is 3. The number of aldehydes is 1. The van der Waals surface area contributed by atoms with Crippen LogP contribution in [0.5, 0.6) is 0 Å². The fourth-order valence-electron chi connectivity index (χ4n) is 2.56. The van der Waals surface area contributed by atoms with Crippen molar-refractivity contribution in [1.29, 1.82) is 0 Å². The molecule has 0 aliphatic carbocycles. The second-order valence-corrected chi connectivity index (χ2v) is 6.24. The summed E-state index contributed by atoms with van der Waals surface area (Å²) >= 11 is 0. The minimum absolute atomic E-state index is 0.254. The van der Waals surface area contributed by atoms with Gasteiger partial charge in [0.05, 0.1) is 12.1 Å². The number of likely N-dealkylation sites (tertiary alicyclic amines) is 1. The molecule has 0 aromatic heterocycles. The van der Waals surface area contributed by atoms with Crippen LogP contribution in [0.2, 0.25) is 0 Å². The van der Waals surface area contributed by atoms with Crippen LogP contribution in [-0.2, 0) is 9.53 Å². The molecule has 1 aliphatic rings. The molecular formula is C16H20FNO3. The summed E-state index contributed by atoms with van der Waals surface area (Å²) in [5, 5.41) is 0. The van der Waals surface area contributed by atoms with Crippen LogP contribution in [0.15, 0.2) is 24.3 Å². The monoisotopic (exact) mass is 293 g/mol. The molecule has 0 N–H and O–H groups in total. The van der Waals surface area contributed by atoms with Crippen LogP contribution in [0.3, 0.4) is 0 Å². The van der Waals surface area contributed by atoms with Gasteiger partial charge in [0, 0.05) is 0 Å². The number of nitrogens with zero attached hydrogens (tertiary/aromatic N) is 1. The first-order chi connectivity index (χ1) is 9.81. The molecule has 0 radical (unpaired) electrons. The Labute approximate surface area is 123 Å². The zero-order valence-corrected chi connectivity index (χ0v) is 12.5. The highest BCUT2D eigenvalue weighted by atomic mass is 19.1. The van der Waals surface area contributed by atoms with E-state index in [-0.39, 0.29) is 11.9 Å². The Morgan fingerprint density at radius 1 is 1.29 bits per heavy atom. The van der Waals surface area contributed by atoms with E-state index in [1.165, 1.54) is 17.0 Å². The first-order valence-electron chi connectivity index (χ1n) is 7.04. The molecule has 1 heterocycles. The molecule has 1 fully saturated rings. The van der Waals surface area contributed by atoms with E-state index in [1.807, 2.05) is 0 Å². The van der Waals surface area contributed by atoms with E-state index >= 15 is 0 Å². The molecule has 2 atom stereocenters. The summed E-state index contributed by atoms with van der Waals surface area (Å²) in [5.41, 5.74) is 0.187. The van der Waals surface area contributed by atoms with Gasteiger partial charge in [-0.3, -0.25) is 4.90 Å². The number of carbonyl (C=O) groups excluding carboxylic acids is 2. The Hall–Kier alpha value is -1.91. The van der Waals surface area contributed by atoms with E-state index < -0.39 is 17.7 Å². The lowest BCUT2D eigenvalue weighted by Crippen LogP contribution is -2.41. The Balaban J connectivity index is 2.25. The first kappa shape index (κ1) is 15.5. The van der Waals surface area contributed by atoms with E-state index in [1.54, 1.807) is 32.9 Å². The van der Waals surface area contributed by atoms with Gasteiger partial charge in [-0.1, -0.05) is 12.1 Å². The molecule has 1 amide bonds. The maximum absolute atomic E-state index is 13.0. The van der Waals surface area contributed by atoms with E-state index in [4.69, 9.17) is 4.74 Å². The second-order valence-electron chi connectivity index (χ2n) is 6.24. The number of carbonyl (C=O) groups is 2. The van der Waals surface area contributed by atoms with Crippen LogP contribution < -0.4 is 0 Å². The zero-order chi connectivity index (χ0) is 15.6. The minimum Gasteiger partial charge on any atom is -0.444 e. The third-order valence-electron chi connectivity index (χ3n) is 3.45. The summed E-state index contributed by atoms with van der Waals surface area (Å²) in [6, 6.07) is 5.26. The van der Waals surface area contributed by atoms with E-state index in [2.05, 4.69) is 0 Å². The Bertz CT molecular complexity index is 521. The minimum atomic E-state index is -0.625. The Kier molecular flexibility index (Phi) is 4.30. The summed E-state index contributed by atoms with van der Waals surface area (Å²) in [4.78, 5) is 25.0. The Morgan fingerprint density at radius 2 is 1.90 bits per heavy atom. The van der Waals surface area contributed by atoms with Crippen molar-refractivity contribution in [1.82, 2.24) is 4.90 Å². The van der Waals surface area contributed by atoms with Gasteiger partial charge in [0.15, 0.2) is 0 Å². The SMILES string of the molecule is CC(C)(C)OC(=O)N1[C@@H](C=O)CC[C@H]1c1ccc(F)cc1. The standard InChI is InChI=1S/C16H20FNO3/c1-16(2,3)21-15(20)18-13(10-19)8-9-14(18)11-4-6-12(17)7-5-11/h4-7,10,13-14H,8-9H2,1-3H3/t13-,14+/m1/s1. The normalized spacial score (nSPS) is 22.2. The number of ether oxygens (including phenoxy) is 1. The molecule has 1 aromatic carbocycles. The maximum Gasteiger partial charge on any atom is 0.411 e. The van der Waals surface area contributed by atoms with Gasteiger partial charge in [-0.05, 0) is 51.3 Å². The van der Waals surface area contributed by atoms with Gasteiger partial charge < -0.3 is 9.53 Å². The molecular weight excluding hydrogens is 273 g/mol. The summed E-state index contributed by atoms with van der Waals surface area (Å²) in [6.07, 6.45) is 1.51. The topological polar surface area (TPSA) is 46.6 Å². The van der Waals surface area contributed by atoms with Gasteiger partial charge in [0.25, 0.3) is 0 Å². The molecule has 0 unspecified atom stereocenters. The molecule has 0 bridgehead atoms. The fourth-order valence-corrected chi connectivity index (χ4v) is 2.56. The highest BCUT2D eigenvalue weighted by molar-refractivity contribution is 5.75. The summed E-state index contributed by atoms with van der Waals surface area (Å²) in [5.74, 6) is -0.326. The van der Waals surface area contributed by atoms with Gasteiger partial charge in [0.2, 0.25) is 0 Å². The highest BCUT2D eigenvalue weighted by Gasteiger charge is 2.39. The van der Waals surface area contributed by atoms with Crippen molar-refractivity contribution in [2.45, 2.75) is 51.3 Å². The maximum atomic E-state index is 13.0. The summed E-state index contributed by atoms with van der Waals surface area (Å²) in [7, 11) is 0. The van der Waals surface area contributed by atoms with Gasteiger partial charge in [-0.15, -0.1) is 0 Å². The number of hydrogen-bond donors (Lipinski definition) is 0. The van der Waals surface area contributed by atoms with Crippen LogP contribution in [0, 0.1) is 5.82 Å². The molecule has 21 heavy (non-hydrogen) atoms. The molecule has 1 aliphatic heterocycles.